The second-order valence-electron chi connectivity index (χ2n) is 8.24. The Balaban J connectivity index is 1.95. The third kappa shape index (κ3) is 3.75. The number of ketones is 2. The van der Waals surface area contributed by atoms with Gasteiger partial charge in [-0.2, -0.15) is 0 Å². The van der Waals surface area contributed by atoms with Crippen molar-refractivity contribution in [2.45, 2.75) is 39.5 Å². The highest BCUT2D eigenvalue weighted by molar-refractivity contribution is 7.97. The number of sulfonamides is 1. The third-order valence-corrected chi connectivity index (χ3v) is 8.12. The molecule has 1 saturated heterocycles. The highest BCUT2D eigenvalue weighted by Crippen LogP contribution is 2.36. The summed E-state index contributed by atoms with van der Waals surface area (Å²) >= 11 is 0. The highest BCUT2D eigenvalue weighted by atomic mass is 32.2. The molecule has 6 nitrogen and oxygen atoms in total. The van der Waals surface area contributed by atoms with Gasteiger partial charge in [0, 0.05) is 30.8 Å². The van der Waals surface area contributed by atoms with Crippen LogP contribution in [0.4, 0.5) is 5.69 Å². The zero-order chi connectivity index (χ0) is 22.9. The number of hydrogen-bond donors (Lipinski definition) is 0. The van der Waals surface area contributed by atoms with Crippen molar-refractivity contribution in [3.63, 3.8) is 0 Å². The van der Waals surface area contributed by atoms with Gasteiger partial charge in [0.25, 0.3) is 10.0 Å². The first-order valence-electron chi connectivity index (χ1n) is 11.1. The van der Waals surface area contributed by atoms with E-state index in [4.69, 9.17) is 0 Å². The van der Waals surface area contributed by atoms with Crippen LogP contribution >= 0.6 is 0 Å². The smallest absolute Gasteiger partial charge is 0.270 e. The van der Waals surface area contributed by atoms with Crippen LogP contribution in [0.2, 0.25) is 0 Å². The van der Waals surface area contributed by atoms with Crippen LogP contribution in [-0.4, -0.2) is 44.5 Å². The van der Waals surface area contributed by atoms with Gasteiger partial charge in [-0.15, -0.1) is 0 Å². The molecule has 1 aliphatic carbocycles. The van der Waals surface area contributed by atoms with Gasteiger partial charge in [-0.05, 0) is 38.3 Å². The van der Waals surface area contributed by atoms with Crippen molar-refractivity contribution in [3.05, 3.63) is 75.8 Å². The minimum atomic E-state index is -4.28. The average Bonchev–Trinajstić information content (AvgIpc) is 3.07. The van der Waals surface area contributed by atoms with E-state index < -0.39 is 20.7 Å². The number of allylic oxidation sites excluding steroid dienone is 2. The lowest BCUT2D eigenvalue weighted by molar-refractivity contribution is 0.0947. The molecule has 2 aromatic carbocycles. The van der Waals surface area contributed by atoms with Crippen LogP contribution in [0.1, 0.15) is 58.9 Å². The molecule has 0 amide bonds. The number of carbonyl (C=O) groups is 2. The number of likely N-dealkylation sites (tertiary alicyclic amines) is 1. The molecule has 0 N–H and O–H groups in total. The monoisotopic (exact) mass is 452 g/mol. The molecule has 168 valence electrons. The number of nitrogens with zero attached hydrogens (tertiary/aromatic N) is 2. The predicted octanol–water partition coefficient (Wildman–Crippen LogP) is 4.32. The van der Waals surface area contributed by atoms with E-state index in [9.17, 15) is 18.0 Å². The lowest BCUT2D eigenvalue weighted by Crippen LogP contribution is -2.42. The van der Waals surface area contributed by atoms with Gasteiger partial charge in [-0.1, -0.05) is 55.3 Å². The maximum Gasteiger partial charge on any atom is 0.270 e. The van der Waals surface area contributed by atoms with Gasteiger partial charge >= 0.3 is 0 Å². The number of Topliss-reactive ketones (excluding diaryl/α,β-unsaturated/α-hetero) is 2. The van der Waals surface area contributed by atoms with Crippen LogP contribution in [0.25, 0.3) is 0 Å². The lowest BCUT2D eigenvalue weighted by atomic mass is 9.91. The fraction of sp³-hybridized carbons (Fsp3) is 0.360. The first-order valence-corrected chi connectivity index (χ1v) is 12.6. The zero-order valence-electron chi connectivity index (χ0n) is 18.5. The van der Waals surface area contributed by atoms with Gasteiger partial charge in [-0.3, -0.25) is 13.9 Å². The Morgan fingerprint density at radius 2 is 1.41 bits per heavy atom. The summed E-state index contributed by atoms with van der Waals surface area (Å²) in [6, 6.07) is 13.7. The molecular formula is C25H28N2O4S. The summed E-state index contributed by atoms with van der Waals surface area (Å²) in [6.45, 7) is 4.84. The molecule has 0 saturated carbocycles. The van der Waals surface area contributed by atoms with Gasteiger partial charge in [0.05, 0.1) is 5.69 Å². The molecule has 0 aromatic heterocycles. The second-order valence-corrected chi connectivity index (χ2v) is 10.0. The summed E-state index contributed by atoms with van der Waals surface area (Å²) in [5.74, 6) is -0.993. The Morgan fingerprint density at radius 1 is 0.844 bits per heavy atom. The number of fused-ring (bicyclic) bond motifs is 1. The Kier molecular flexibility index (Phi) is 6.20. The van der Waals surface area contributed by atoms with Crippen LogP contribution in [0, 0.1) is 6.92 Å². The van der Waals surface area contributed by atoms with E-state index in [1.807, 2.05) is 24.0 Å². The van der Waals surface area contributed by atoms with Gasteiger partial charge in [0.2, 0.25) is 11.6 Å². The summed E-state index contributed by atoms with van der Waals surface area (Å²) in [7, 11) is -4.28. The van der Waals surface area contributed by atoms with Crippen molar-refractivity contribution in [3.8, 4) is 0 Å². The molecular weight excluding hydrogens is 424 g/mol. The molecule has 1 fully saturated rings. The number of anilines is 1. The fourth-order valence-electron chi connectivity index (χ4n) is 4.58. The normalized spacial score (nSPS) is 17.2. The van der Waals surface area contributed by atoms with Crippen molar-refractivity contribution < 1.29 is 18.0 Å². The van der Waals surface area contributed by atoms with Crippen molar-refractivity contribution in [2.75, 3.05) is 23.9 Å². The number of aryl methyl sites for hydroxylation is 1. The largest absolute Gasteiger partial charge is 0.367 e. The molecule has 1 aliphatic heterocycles. The van der Waals surface area contributed by atoms with Gasteiger partial charge in [0.15, 0.2) is 4.91 Å². The van der Waals surface area contributed by atoms with Crippen LogP contribution < -0.4 is 4.31 Å². The molecule has 0 bridgehead atoms. The fourth-order valence-corrected chi connectivity index (χ4v) is 6.42. The van der Waals surface area contributed by atoms with Crippen LogP contribution in [0.5, 0.6) is 0 Å². The first kappa shape index (κ1) is 22.3. The van der Waals surface area contributed by atoms with E-state index in [1.54, 1.807) is 37.3 Å². The minimum Gasteiger partial charge on any atom is -0.367 e. The van der Waals surface area contributed by atoms with E-state index >= 15 is 0 Å². The molecule has 0 spiro atoms. The topological polar surface area (TPSA) is 74.8 Å². The summed E-state index contributed by atoms with van der Waals surface area (Å²) in [5, 5.41) is 0. The molecule has 4 rings (SSSR count). The standard InChI is InChI=1S/C25H28N2O4S/c1-3-27(21-15-9-6-12-18(21)2)32(30,31)25-22(26-16-10-4-5-11-17-26)23(28)19-13-7-8-14-20(19)24(25)29/h6-9,12-15H,3-5,10-11,16-17H2,1-2H3. The van der Waals surface area contributed by atoms with E-state index in [0.717, 1.165) is 31.2 Å². The second kappa shape index (κ2) is 8.90. The minimum absolute atomic E-state index is 0.0302. The highest BCUT2D eigenvalue weighted by Gasteiger charge is 2.43. The number of benzene rings is 2. The molecule has 1 heterocycles. The van der Waals surface area contributed by atoms with Crippen LogP contribution in [0.3, 0.4) is 0 Å². The van der Waals surface area contributed by atoms with Crippen molar-refractivity contribution in [1.29, 1.82) is 0 Å². The van der Waals surface area contributed by atoms with Gasteiger partial charge < -0.3 is 4.90 Å². The van der Waals surface area contributed by atoms with Crippen molar-refractivity contribution in [1.82, 2.24) is 4.90 Å². The molecule has 0 radical (unpaired) electrons. The van der Waals surface area contributed by atoms with E-state index in [-0.39, 0.29) is 29.2 Å². The quantitative estimate of drug-likeness (QED) is 0.676. The van der Waals surface area contributed by atoms with Crippen molar-refractivity contribution >= 4 is 27.3 Å². The average molecular weight is 453 g/mol. The Bertz CT molecular complexity index is 1190. The molecule has 32 heavy (non-hydrogen) atoms. The van der Waals surface area contributed by atoms with Gasteiger partial charge in [0.1, 0.15) is 5.70 Å². The number of rotatable bonds is 5. The molecule has 0 unspecified atom stereocenters. The number of hydrogen-bond acceptors (Lipinski definition) is 5. The number of para-hydroxylation sites is 1. The van der Waals surface area contributed by atoms with E-state index in [1.165, 1.54) is 10.4 Å². The first-order chi connectivity index (χ1) is 15.4. The number of carbonyl (C=O) groups excluding carboxylic acids is 2. The SMILES string of the molecule is CCN(c1ccccc1C)S(=O)(=O)C1=C(N2CCCCCC2)C(=O)c2ccccc2C1=O. The molecule has 0 atom stereocenters. The summed E-state index contributed by atoms with van der Waals surface area (Å²) in [5.41, 5.74) is 1.74. The lowest BCUT2D eigenvalue weighted by Gasteiger charge is -2.33. The van der Waals surface area contributed by atoms with Crippen LogP contribution in [0.15, 0.2) is 59.1 Å². The third-order valence-electron chi connectivity index (χ3n) is 6.19. The molecule has 2 aromatic rings. The predicted molar refractivity (Wildman–Crippen MR) is 125 cm³/mol. The van der Waals surface area contributed by atoms with Crippen molar-refractivity contribution in [2.24, 2.45) is 0 Å². The summed E-state index contributed by atoms with van der Waals surface area (Å²) in [6.07, 6.45) is 3.76. The maximum absolute atomic E-state index is 14.0. The summed E-state index contributed by atoms with van der Waals surface area (Å²) in [4.78, 5) is 28.7. The van der Waals surface area contributed by atoms with Crippen LogP contribution in [-0.2, 0) is 10.0 Å². The Morgan fingerprint density at radius 3 is 2.00 bits per heavy atom. The Labute approximate surface area is 189 Å². The Hall–Kier alpha value is -2.93. The molecule has 2 aliphatic rings. The maximum atomic E-state index is 14.0. The van der Waals surface area contributed by atoms with E-state index in [2.05, 4.69) is 0 Å². The summed E-state index contributed by atoms with van der Waals surface area (Å²) < 4.78 is 29.3. The molecule has 7 heteroatoms. The zero-order valence-corrected chi connectivity index (χ0v) is 19.3. The van der Waals surface area contributed by atoms with Gasteiger partial charge in [-0.25, -0.2) is 8.42 Å². The van der Waals surface area contributed by atoms with E-state index in [0.29, 0.717) is 18.8 Å².